The first-order valence-electron chi connectivity index (χ1n) is 20.5. The van der Waals surface area contributed by atoms with Crippen LogP contribution in [0.4, 0.5) is 0 Å². The number of H-pyrrole nitrogens is 2. The zero-order valence-corrected chi connectivity index (χ0v) is 33.1. The molecule has 2 aromatic heterocycles. The Morgan fingerprint density at radius 2 is 1.79 bits per heavy atom. The van der Waals surface area contributed by atoms with Crippen LogP contribution in [0.25, 0.3) is 21.8 Å². The molecule has 13 rings (SSSR count). The normalized spacial score (nSPS) is 40.5. The molecule has 12 heteroatoms. The van der Waals surface area contributed by atoms with Gasteiger partial charge in [-0.3, -0.25) is 19.4 Å². The third-order valence-corrected chi connectivity index (χ3v) is 16.1. The molecule has 56 heavy (non-hydrogen) atoms. The maximum absolute atomic E-state index is 14.5. The third-order valence-electron chi connectivity index (χ3n) is 16.1. The van der Waals surface area contributed by atoms with Crippen LogP contribution in [0.15, 0.2) is 36.4 Å². The number of ether oxygens (including phenoxy) is 5. The second kappa shape index (κ2) is 11.6. The SMILES string of the molecule is CC[C@H]1C[C@H]2CN3CCc4c([nH]c5c([C@@]6(O)C[C@@H]7[C@]8(C(=O)OC)CO[C@H](N(C)[C@H]8Cc8c6[nH]c6ccccc86)[C@@]76OC6C)c(OC)ccc45)[C@](C(=O)OC)(C2)[C@H]13. The van der Waals surface area contributed by atoms with Crippen LogP contribution in [-0.2, 0) is 52.4 Å². The highest BCUT2D eigenvalue weighted by atomic mass is 16.7. The Labute approximate surface area is 326 Å². The summed E-state index contributed by atoms with van der Waals surface area (Å²) in [6, 6.07) is 11.9. The first kappa shape index (κ1) is 35.2. The van der Waals surface area contributed by atoms with Gasteiger partial charge in [0.05, 0.1) is 50.8 Å². The van der Waals surface area contributed by atoms with Gasteiger partial charge in [-0.15, -0.1) is 0 Å². The third kappa shape index (κ3) is 3.98. The number of hydrogen-bond donors (Lipinski definition) is 3. The minimum atomic E-state index is -1.73. The molecule has 6 saturated heterocycles. The number of nitrogens with one attached hydrogen (secondary N) is 2. The molecule has 296 valence electrons. The number of rotatable bonds is 5. The number of carbonyl (C=O) groups excluding carboxylic acids is 2. The van der Waals surface area contributed by atoms with E-state index in [1.165, 1.54) is 14.2 Å². The van der Waals surface area contributed by atoms with Gasteiger partial charge in [-0.25, -0.2) is 0 Å². The van der Waals surface area contributed by atoms with Crippen molar-refractivity contribution in [3.8, 4) is 5.75 Å². The lowest BCUT2D eigenvalue weighted by molar-refractivity contribution is -0.288. The zero-order valence-electron chi connectivity index (χ0n) is 33.1. The fourth-order valence-corrected chi connectivity index (χ4v) is 13.9. The van der Waals surface area contributed by atoms with E-state index in [-0.39, 0.29) is 43.2 Å². The van der Waals surface area contributed by atoms with E-state index in [0.29, 0.717) is 35.3 Å². The van der Waals surface area contributed by atoms with E-state index in [1.54, 1.807) is 7.11 Å². The Hall–Kier alpha value is -3.94. The Morgan fingerprint density at radius 1 is 1.00 bits per heavy atom. The maximum atomic E-state index is 14.5. The number of methoxy groups -OCH3 is 3. The largest absolute Gasteiger partial charge is 0.496 e. The summed E-state index contributed by atoms with van der Waals surface area (Å²) in [5.74, 6) is 0.215. The fourth-order valence-electron chi connectivity index (χ4n) is 13.9. The topological polar surface area (TPSA) is 142 Å². The molecule has 1 spiro atoms. The fraction of sp³-hybridized carbons (Fsp3) is 0.591. The van der Waals surface area contributed by atoms with Gasteiger partial charge in [0.15, 0.2) is 0 Å². The molecule has 9 heterocycles. The van der Waals surface area contributed by atoms with Crippen molar-refractivity contribution in [1.29, 1.82) is 0 Å². The molecule has 7 fully saturated rings. The van der Waals surface area contributed by atoms with Crippen LogP contribution >= 0.6 is 0 Å². The predicted octanol–water partition coefficient (Wildman–Crippen LogP) is 4.53. The van der Waals surface area contributed by atoms with Gasteiger partial charge in [0, 0.05) is 53.1 Å². The lowest BCUT2D eigenvalue weighted by Gasteiger charge is -2.63. The Kier molecular flexibility index (Phi) is 7.30. The van der Waals surface area contributed by atoms with Gasteiger partial charge in [-0.2, -0.15) is 0 Å². The average Bonchev–Trinajstić information content (AvgIpc) is 3.54. The molecule has 2 unspecified atom stereocenters. The van der Waals surface area contributed by atoms with Gasteiger partial charge in [0.2, 0.25) is 0 Å². The van der Waals surface area contributed by atoms with E-state index in [0.717, 1.165) is 77.4 Å². The molecule has 0 amide bonds. The summed E-state index contributed by atoms with van der Waals surface area (Å²) in [5.41, 5.74) is 1.25. The van der Waals surface area contributed by atoms with Gasteiger partial charge in [-0.05, 0) is 87.2 Å². The number of fused-ring (bicyclic) bond motifs is 8. The molecule has 7 aliphatic heterocycles. The van der Waals surface area contributed by atoms with Gasteiger partial charge in [-0.1, -0.05) is 31.5 Å². The summed E-state index contributed by atoms with van der Waals surface area (Å²) in [5, 5.41) is 16.2. The van der Waals surface area contributed by atoms with Crippen molar-refractivity contribution in [3.05, 3.63) is 64.5 Å². The molecule has 9 aliphatic rings. The summed E-state index contributed by atoms with van der Waals surface area (Å²) >= 11 is 0. The van der Waals surface area contributed by atoms with E-state index in [2.05, 4.69) is 38.8 Å². The highest BCUT2D eigenvalue weighted by Crippen LogP contribution is 2.68. The highest BCUT2D eigenvalue weighted by Gasteiger charge is 2.81. The van der Waals surface area contributed by atoms with Crippen LogP contribution in [-0.4, -0.2) is 115 Å². The molecule has 8 bridgehead atoms. The van der Waals surface area contributed by atoms with Crippen molar-refractivity contribution in [2.24, 2.45) is 23.2 Å². The minimum Gasteiger partial charge on any atom is -0.496 e. The van der Waals surface area contributed by atoms with Gasteiger partial charge >= 0.3 is 11.9 Å². The summed E-state index contributed by atoms with van der Waals surface area (Å²) in [4.78, 5) is 41.4. The summed E-state index contributed by atoms with van der Waals surface area (Å²) in [6.45, 7) is 6.27. The van der Waals surface area contributed by atoms with Gasteiger partial charge in [0.1, 0.15) is 34.0 Å². The monoisotopic (exact) mass is 764 g/mol. The Morgan fingerprint density at radius 3 is 2.52 bits per heavy atom. The predicted molar refractivity (Wildman–Crippen MR) is 206 cm³/mol. The quantitative estimate of drug-likeness (QED) is 0.196. The second-order valence-electron chi connectivity index (χ2n) is 18.0. The van der Waals surface area contributed by atoms with Crippen molar-refractivity contribution >= 4 is 33.7 Å². The van der Waals surface area contributed by atoms with Gasteiger partial charge in [0.25, 0.3) is 0 Å². The first-order chi connectivity index (χ1) is 27.0. The standard InChI is InChI=1S/C44H52N4O8/c1-7-24-16-23-18-41(39(49)53-5)35-27(14-15-48(20-23)37(24)41)26-12-13-30(52-4)33(34(26)46-35)43(51)19-31-42(40(50)54-6)21-55-38(44(31)22(2)56-44)47(3)32(42)17-28-25-10-8-9-11-29(25)45-36(28)43/h8-13,22-24,31-32,37-38,45-46,51H,7,14-21H2,1-6H3/t22?,23-,24+,31-,32+,37+,38+,41-,42-,43+,44+/m1/s1. The van der Waals surface area contributed by atoms with Crippen LogP contribution in [0.1, 0.15) is 67.6 Å². The number of nitrogens with zero attached hydrogens (tertiary/aromatic N) is 2. The average molecular weight is 765 g/mol. The van der Waals surface area contributed by atoms with E-state index >= 15 is 0 Å². The number of benzene rings is 2. The summed E-state index contributed by atoms with van der Waals surface area (Å²) in [6.07, 6.45) is 3.55. The molecular weight excluding hydrogens is 713 g/mol. The number of hydrogen-bond acceptors (Lipinski definition) is 10. The number of epoxide rings is 1. The van der Waals surface area contributed by atoms with Gasteiger partial charge < -0.3 is 38.8 Å². The highest BCUT2D eigenvalue weighted by molar-refractivity contribution is 5.95. The van der Waals surface area contributed by atoms with Crippen LogP contribution < -0.4 is 4.74 Å². The number of aromatic amines is 2. The second-order valence-corrected chi connectivity index (χ2v) is 18.0. The number of para-hydroxylation sites is 1. The molecule has 12 nitrogen and oxygen atoms in total. The number of esters is 2. The lowest BCUT2D eigenvalue weighted by atomic mass is 9.53. The van der Waals surface area contributed by atoms with E-state index in [9.17, 15) is 14.7 Å². The maximum Gasteiger partial charge on any atom is 0.319 e. The van der Waals surface area contributed by atoms with Crippen molar-refractivity contribution in [1.82, 2.24) is 19.8 Å². The lowest BCUT2D eigenvalue weighted by Crippen LogP contribution is -2.78. The van der Waals surface area contributed by atoms with Crippen LogP contribution in [0.2, 0.25) is 0 Å². The molecule has 2 aliphatic carbocycles. The van der Waals surface area contributed by atoms with Crippen molar-refractivity contribution in [3.63, 3.8) is 0 Å². The molecule has 12 atom stereocenters. The van der Waals surface area contributed by atoms with Crippen LogP contribution in [0, 0.1) is 23.2 Å². The Balaban J connectivity index is 1.22. The number of carbonyl (C=O) groups is 2. The number of aromatic nitrogens is 2. The number of aliphatic hydroxyl groups is 1. The minimum absolute atomic E-state index is 0.00869. The smallest absolute Gasteiger partial charge is 0.319 e. The van der Waals surface area contributed by atoms with Crippen molar-refractivity contribution in [2.45, 2.75) is 93.4 Å². The zero-order chi connectivity index (χ0) is 38.7. The van der Waals surface area contributed by atoms with E-state index in [4.69, 9.17) is 23.7 Å². The van der Waals surface area contributed by atoms with Crippen LogP contribution in [0.3, 0.4) is 0 Å². The van der Waals surface area contributed by atoms with Crippen molar-refractivity contribution < 1.29 is 38.4 Å². The summed E-state index contributed by atoms with van der Waals surface area (Å²) < 4.78 is 30.9. The van der Waals surface area contributed by atoms with E-state index < -0.39 is 34.2 Å². The molecule has 1 saturated carbocycles. The molecule has 4 aromatic rings. The van der Waals surface area contributed by atoms with E-state index in [1.807, 2.05) is 38.2 Å². The Bertz CT molecular complexity index is 2340. The molecule has 2 aromatic carbocycles. The molecule has 3 N–H and O–H groups in total. The molecular formula is C44H52N4O8. The number of likely N-dealkylation sites (N-methyl/N-ethyl adjacent to an activating group) is 1. The van der Waals surface area contributed by atoms with Crippen LogP contribution in [0.5, 0.6) is 5.75 Å². The molecule has 0 radical (unpaired) electrons. The summed E-state index contributed by atoms with van der Waals surface area (Å²) in [7, 11) is 6.62. The van der Waals surface area contributed by atoms with Crippen molar-refractivity contribution in [2.75, 3.05) is 48.1 Å². The first-order valence-corrected chi connectivity index (χ1v) is 20.5. The number of piperidine rings is 3.